The van der Waals surface area contributed by atoms with Crippen LogP contribution in [0.1, 0.15) is 11.1 Å². The van der Waals surface area contributed by atoms with Gasteiger partial charge in [0.2, 0.25) is 0 Å². The largest absolute Gasteiger partial charge is 0.493 e. The van der Waals surface area contributed by atoms with Crippen LogP contribution in [0.3, 0.4) is 0 Å². The minimum absolute atomic E-state index is 0.220. The van der Waals surface area contributed by atoms with Crippen molar-refractivity contribution in [3.8, 4) is 11.5 Å². The zero-order chi connectivity index (χ0) is 19.6. The summed E-state index contributed by atoms with van der Waals surface area (Å²) in [6.07, 6.45) is 2.76. The number of nitrogens with one attached hydrogen (secondary N) is 1. The highest BCUT2D eigenvalue weighted by atomic mass is 19.1. The Balaban J connectivity index is 1.78. The molecule has 0 fully saturated rings. The molecule has 0 saturated heterocycles. The van der Waals surface area contributed by atoms with Crippen LogP contribution >= 0.6 is 0 Å². The highest BCUT2D eigenvalue weighted by molar-refractivity contribution is 5.89. The molecular weight excluding hydrogens is 353 g/mol. The van der Waals surface area contributed by atoms with Crippen LogP contribution in [-0.2, 0) is 20.9 Å². The minimum Gasteiger partial charge on any atom is -0.493 e. The summed E-state index contributed by atoms with van der Waals surface area (Å²) < 4.78 is 28.0. The van der Waals surface area contributed by atoms with Crippen LogP contribution in [-0.4, -0.2) is 32.7 Å². The smallest absolute Gasteiger partial charge is 0.331 e. The van der Waals surface area contributed by atoms with Gasteiger partial charge in [-0.05, 0) is 41.5 Å². The molecule has 142 valence electrons. The summed E-state index contributed by atoms with van der Waals surface area (Å²) in [5.74, 6) is -0.336. The van der Waals surface area contributed by atoms with Gasteiger partial charge in [-0.2, -0.15) is 0 Å². The predicted molar refractivity (Wildman–Crippen MR) is 97.8 cm³/mol. The molecule has 1 N–H and O–H groups in total. The summed E-state index contributed by atoms with van der Waals surface area (Å²) in [5, 5.41) is 2.58. The van der Waals surface area contributed by atoms with E-state index in [2.05, 4.69) is 5.32 Å². The lowest BCUT2D eigenvalue weighted by Crippen LogP contribution is -2.28. The molecule has 7 heteroatoms. The van der Waals surface area contributed by atoms with Crippen molar-refractivity contribution >= 4 is 18.0 Å². The number of amides is 1. The van der Waals surface area contributed by atoms with E-state index < -0.39 is 18.5 Å². The fourth-order valence-electron chi connectivity index (χ4n) is 2.16. The van der Waals surface area contributed by atoms with Gasteiger partial charge < -0.3 is 19.5 Å². The van der Waals surface area contributed by atoms with Crippen LogP contribution < -0.4 is 14.8 Å². The molecule has 0 aliphatic rings. The average molecular weight is 373 g/mol. The molecule has 2 rings (SSSR count). The van der Waals surface area contributed by atoms with E-state index in [-0.39, 0.29) is 12.4 Å². The monoisotopic (exact) mass is 373 g/mol. The third kappa shape index (κ3) is 6.47. The topological polar surface area (TPSA) is 73.9 Å². The number of hydrogen-bond donors (Lipinski definition) is 1. The van der Waals surface area contributed by atoms with Gasteiger partial charge in [0.15, 0.2) is 18.1 Å². The van der Waals surface area contributed by atoms with Crippen LogP contribution in [0.2, 0.25) is 0 Å². The van der Waals surface area contributed by atoms with E-state index in [1.807, 2.05) is 0 Å². The van der Waals surface area contributed by atoms with Gasteiger partial charge >= 0.3 is 5.97 Å². The molecule has 0 heterocycles. The van der Waals surface area contributed by atoms with Gasteiger partial charge in [0.05, 0.1) is 14.2 Å². The summed E-state index contributed by atoms with van der Waals surface area (Å²) in [6.45, 7) is -0.186. The van der Waals surface area contributed by atoms with E-state index in [0.29, 0.717) is 17.1 Å². The number of hydrogen-bond acceptors (Lipinski definition) is 5. The second-order valence-corrected chi connectivity index (χ2v) is 5.46. The van der Waals surface area contributed by atoms with Gasteiger partial charge in [-0.3, -0.25) is 4.79 Å². The molecular formula is C20H20FNO5. The van der Waals surface area contributed by atoms with Crippen molar-refractivity contribution in [2.45, 2.75) is 6.54 Å². The molecule has 27 heavy (non-hydrogen) atoms. The molecule has 0 radical (unpaired) electrons. The Bertz CT molecular complexity index is 818. The van der Waals surface area contributed by atoms with Crippen LogP contribution in [0.25, 0.3) is 6.08 Å². The van der Waals surface area contributed by atoms with Crippen molar-refractivity contribution in [1.82, 2.24) is 5.32 Å². The van der Waals surface area contributed by atoms with E-state index in [9.17, 15) is 14.0 Å². The first-order valence-corrected chi connectivity index (χ1v) is 8.10. The number of methoxy groups -OCH3 is 2. The Hall–Kier alpha value is -3.35. The molecule has 2 aromatic carbocycles. The normalized spacial score (nSPS) is 10.5. The fourth-order valence-corrected chi connectivity index (χ4v) is 2.16. The van der Waals surface area contributed by atoms with Crippen molar-refractivity contribution in [2.75, 3.05) is 20.8 Å². The zero-order valence-corrected chi connectivity index (χ0v) is 15.0. The number of esters is 1. The van der Waals surface area contributed by atoms with Gasteiger partial charge in [0.1, 0.15) is 5.82 Å². The maximum Gasteiger partial charge on any atom is 0.331 e. The van der Waals surface area contributed by atoms with Crippen LogP contribution in [0.4, 0.5) is 4.39 Å². The Morgan fingerprint density at radius 1 is 1.04 bits per heavy atom. The van der Waals surface area contributed by atoms with Crippen molar-refractivity contribution in [2.24, 2.45) is 0 Å². The van der Waals surface area contributed by atoms with Gasteiger partial charge in [0.25, 0.3) is 5.91 Å². The standard InChI is InChI=1S/C20H20FNO5/c1-25-17-9-5-14(11-18(17)26-2)6-10-20(24)27-13-19(23)22-12-15-3-7-16(21)8-4-15/h3-11H,12-13H2,1-2H3,(H,22,23). The number of carbonyl (C=O) groups excluding carboxylic acids is 2. The first-order chi connectivity index (χ1) is 13.0. The van der Waals surface area contributed by atoms with Gasteiger partial charge in [0, 0.05) is 12.6 Å². The van der Waals surface area contributed by atoms with Crippen molar-refractivity contribution < 1.29 is 28.2 Å². The maximum absolute atomic E-state index is 12.8. The molecule has 0 aliphatic carbocycles. The average Bonchev–Trinajstić information content (AvgIpc) is 2.69. The first kappa shape index (κ1) is 20.0. The van der Waals surface area contributed by atoms with Gasteiger partial charge in [-0.15, -0.1) is 0 Å². The lowest BCUT2D eigenvalue weighted by Gasteiger charge is -2.07. The molecule has 0 spiro atoms. The first-order valence-electron chi connectivity index (χ1n) is 8.10. The summed E-state index contributed by atoms with van der Waals surface area (Å²) >= 11 is 0. The van der Waals surface area contributed by atoms with Gasteiger partial charge in [-0.25, -0.2) is 9.18 Å². The molecule has 0 bridgehead atoms. The predicted octanol–water partition coefficient (Wildman–Crippen LogP) is 2.72. The van der Waals surface area contributed by atoms with Crippen molar-refractivity contribution in [1.29, 1.82) is 0 Å². The Kier molecular flexibility index (Phi) is 7.37. The summed E-state index contributed by atoms with van der Waals surface area (Å²) in [6, 6.07) is 10.9. The highest BCUT2D eigenvalue weighted by Gasteiger charge is 2.06. The summed E-state index contributed by atoms with van der Waals surface area (Å²) in [7, 11) is 3.05. The van der Waals surface area contributed by atoms with Crippen LogP contribution in [0, 0.1) is 5.82 Å². The third-order valence-corrected chi connectivity index (χ3v) is 3.57. The van der Waals surface area contributed by atoms with Crippen LogP contribution in [0.15, 0.2) is 48.5 Å². The van der Waals surface area contributed by atoms with E-state index in [0.717, 1.165) is 5.56 Å². The number of benzene rings is 2. The lowest BCUT2D eigenvalue weighted by atomic mass is 10.2. The van der Waals surface area contributed by atoms with Crippen LogP contribution in [0.5, 0.6) is 11.5 Å². The van der Waals surface area contributed by atoms with E-state index >= 15 is 0 Å². The molecule has 0 saturated carbocycles. The summed E-state index contributed by atoms with van der Waals surface area (Å²) in [5.41, 5.74) is 1.45. The molecule has 0 aliphatic heterocycles. The Morgan fingerprint density at radius 2 is 1.74 bits per heavy atom. The fraction of sp³-hybridized carbons (Fsp3) is 0.200. The van der Waals surface area contributed by atoms with E-state index in [1.54, 1.807) is 36.4 Å². The van der Waals surface area contributed by atoms with Crippen molar-refractivity contribution in [3.05, 3.63) is 65.5 Å². The Labute approximate surface area is 156 Å². The van der Waals surface area contributed by atoms with Gasteiger partial charge in [-0.1, -0.05) is 18.2 Å². The lowest BCUT2D eigenvalue weighted by molar-refractivity contribution is -0.143. The second-order valence-electron chi connectivity index (χ2n) is 5.46. The van der Waals surface area contributed by atoms with E-state index in [1.165, 1.54) is 32.4 Å². The molecule has 1 amide bonds. The maximum atomic E-state index is 12.8. The second kappa shape index (κ2) is 9.96. The number of carbonyl (C=O) groups is 2. The molecule has 0 atom stereocenters. The third-order valence-electron chi connectivity index (χ3n) is 3.57. The molecule has 6 nitrogen and oxygen atoms in total. The molecule has 0 aromatic heterocycles. The SMILES string of the molecule is COc1ccc(C=CC(=O)OCC(=O)NCc2ccc(F)cc2)cc1OC. The molecule has 0 unspecified atom stereocenters. The highest BCUT2D eigenvalue weighted by Crippen LogP contribution is 2.27. The number of ether oxygens (including phenoxy) is 3. The van der Waals surface area contributed by atoms with Crippen molar-refractivity contribution in [3.63, 3.8) is 0 Å². The number of rotatable bonds is 8. The Morgan fingerprint density at radius 3 is 2.41 bits per heavy atom. The zero-order valence-electron chi connectivity index (χ0n) is 15.0. The quantitative estimate of drug-likeness (QED) is 0.569. The number of halogens is 1. The summed E-state index contributed by atoms with van der Waals surface area (Å²) in [4.78, 5) is 23.4. The minimum atomic E-state index is -0.651. The van der Waals surface area contributed by atoms with E-state index in [4.69, 9.17) is 14.2 Å². The molecule has 2 aromatic rings.